The van der Waals surface area contributed by atoms with Crippen LogP contribution in [0.25, 0.3) is 0 Å². The van der Waals surface area contributed by atoms with Crippen LogP contribution in [0.3, 0.4) is 0 Å². The Kier molecular flexibility index (Phi) is 3.95. The summed E-state index contributed by atoms with van der Waals surface area (Å²) in [5.41, 5.74) is 7.30. The van der Waals surface area contributed by atoms with Crippen molar-refractivity contribution >= 4 is 5.91 Å². The molecule has 1 amide bonds. The molecule has 3 heterocycles. The lowest BCUT2D eigenvalue weighted by Crippen LogP contribution is -2.40. The van der Waals surface area contributed by atoms with E-state index in [9.17, 15) is 18.0 Å². The van der Waals surface area contributed by atoms with E-state index < -0.39 is 12.8 Å². The Hall–Kier alpha value is -1.83. The van der Waals surface area contributed by atoms with Crippen LogP contribution in [-0.4, -0.2) is 40.7 Å². The number of carbonyl (C=O) groups is 1. The van der Waals surface area contributed by atoms with Crippen molar-refractivity contribution in [2.75, 3.05) is 6.61 Å². The van der Waals surface area contributed by atoms with Crippen LogP contribution in [0, 0.1) is 11.3 Å². The largest absolute Gasteiger partial charge is 0.482 e. The molecule has 1 spiro atoms. The van der Waals surface area contributed by atoms with Crippen LogP contribution < -0.4 is 10.5 Å². The van der Waals surface area contributed by atoms with E-state index in [4.69, 9.17) is 10.5 Å². The monoisotopic (exact) mass is 369 g/mol. The second kappa shape index (κ2) is 5.84. The van der Waals surface area contributed by atoms with E-state index in [1.807, 2.05) is 4.90 Å². The molecule has 4 atom stereocenters. The van der Waals surface area contributed by atoms with E-state index in [0.29, 0.717) is 19.4 Å². The summed E-state index contributed by atoms with van der Waals surface area (Å²) >= 11 is 0. The van der Waals surface area contributed by atoms with Crippen molar-refractivity contribution in [1.29, 1.82) is 0 Å². The maximum atomic E-state index is 13.1. The Morgan fingerprint density at radius 2 is 2.23 bits per heavy atom. The Labute approximate surface area is 149 Å². The molecule has 1 aromatic rings. The molecular weight excluding hydrogens is 347 g/mol. The van der Waals surface area contributed by atoms with Crippen LogP contribution in [0.5, 0.6) is 5.75 Å². The van der Waals surface area contributed by atoms with Gasteiger partial charge in [0.2, 0.25) is 5.91 Å². The van der Waals surface area contributed by atoms with Crippen molar-refractivity contribution in [2.45, 2.75) is 57.4 Å². The summed E-state index contributed by atoms with van der Waals surface area (Å²) in [6.45, 7) is 1.14. The first-order valence-corrected chi connectivity index (χ1v) is 8.93. The van der Waals surface area contributed by atoms with E-state index in [2.05, 4.69) is 11.9 Å². The van der Waals surface area contributed by atoms with Gasteiger partial charge < -0.3 is 15.4 Å². The van der Waals surface area contributed by atoms with Crippen LogP contribution >= 0.6 is 0 Å². The number of rotatable bonds is 2. The molecule has 8 heteroatoms. The summed E-state index contributed by atoms with van der Waals surface area (Å²) < 4.78 is 41.8. The van der Waals surface area contributed by atoms with Crippen molar-refractivity contribution in [3.8, 4) is 5.75 Å². The van der Waals surface area contributed by atoms with Crippen molar-refractivity contribution < 1.29 is 22.7 Å². The molecular formula is C18H22F3N3O2. The molecule has 5 nitrogen and oxygen atoms in total. The maximum absolute atomic E-state index is 13.1. The quantitative estimate of drug-likeness (QED) is 0.869. The molecule has 142 valence electrons. The van der Waals surface area contributed by atoms with Gasteiger partial charge in [0.15, 0.2) is 6.61 Å². The van der Waals surface area contributed by atoms with Crippen molar-refractivity contribution in [2.24, 2.45) is 17.1 Å². The van der Waals surface area contributed by atoms with Gasteiger partial charge in [0.05, 0.1) is 11.6 Å². The highest BCUT2D eigenvalue weighted by atomic mass is 19.4. The summed E-state index contributed by atoms with van der Waals surface area (Å²) in [7, 11) is 0. The van der Waals surface area contributed by atoms with Crippen molar-refractivity contribution in [3.05, 3.63) is 23.5 Å². The standard InChI is InChI=1S/C18H22F3N3O2/c1-10-15-5-14-11(4-13(7-23-14)26-9-18(19,20)21)8-24(15)16(25)17(10)3-2-12(22)6-17/h4,7,10,12,15H,2-3,5-6,8-9,22H2,1H3/t10?,12-,15?,17+/m1/s1. The molecule has 0 aromatic carbocycles. The highest BCUT2D eigenvalue weighted by molar-refractivity contribution is 5.87. The van der Waals surface area contributed by atoms with E-state index in [0.717, 1.165) is 24.1 Å². The number of pyridine rings is 1. The lowest BCUT2D eigenvalue weighted by Gasteiger charge is -2.32. The topological polar surface area (TPSA) is 68.5 Å². The molecule has 3 aliphatic rings. The summed E-state index contributed by atoms with van der Waals surface area (Å²) in [5.74, 6) is 0.409. The number of hydrogen-bond donors (Lipinski definition) is 1. The van der Waals surface area contributed by atoms with Gasteiger partial charge in [-0.1, -0.05) is 6.92 Å². The molecule has 2 N–H and O–H groups in total. The summed E-state index contributed by atoms with van der Waals surface area (Å²) in [5, 5.41) is 0. The van der Waals surface area contributed by atoms with Gasteiger partial charge in [-0.2, -0.15) is 13.2 Å². The van der Waals surface area contributed by atoms with E-state index >= 15 is 0 Å². The first kappa shape index (κ1) is 17.6. The zero-order valence-corrected chi connectivity index (χ0v) is 14.6. The number of aromatic nitrogens is 1. The Balaban J connectivity index is 1.57. The minimum atomic E-state index is -4.39. The van der Waals surface area contributed by atoms with Gasteiger partial charge in [0, 0.05) is 30.7 Å². The molecule has 1 saturated heterocycles. The van der Waals surface area contributed by atoms with E-state index in [-0.39, 0.29) is 35.1 Å². The summed E-state index contributed by atoms with van der Waals surface area (Å²) in [4.78, 5) is 19.3. The molecule has 1 aliphatic carbocycles. The molecule has 0 bridgehead atoms. The third-order valence-electron chi connectivity index (χ3n) is 6.30. The number of ether oxygens (including phenoxy) is 1. The molecule has 1 aromatic heterocycles. The van der Waals surface area contributed by atoms with Crippen molar-refractivity contribution in [3.63, 3.8) is 0 Å². The van der Waals surface area contributed by atoms with Gasteiger partial charge in [-0.25, -0.2) is 0 Å². The van der Waals surface area contributed by atoms with Crippen LogP contribution in [-0.2, 0) is 17.8 Å². The fourth-order valence-electron chi connectivity index (χ4n) is 4.93. The van der Waals surface area contributed by atoms with E-state index in [1.165, 1.54) is 6.20 Å². The number of fused-ring (bicyclic) bond motifs is 2. The fourth-order valence-corrected chi connectivity index (χ4v) is 4.93. The molecule has 2 unspecified atom stereocenters. The average molecular weight is 369 g/mol. The smallest absolute Gasteiger partial charge is 0.422 e. The Morgan fingerprint density at radius 3 is 2.88 bits per heavy atom. The lowest BCUT2D eigenvalue weighted by molar-refractivity contribution is -0.153. The zero-order chi connectivity index (χ0) is 18.7. The molecule has 2 fully saturated rings. The number of carbonyl (C=O) groups excluding carboxylic acids is 1. The Bertz CT molecular complexity index is 739. The highest BCUT2D eigenvalue weighted by Crippen LogP contribution is 2.54. The summed E-state index contributed by atoms with van der Waals surface area (Å²) in [6.07, 6.45) is -0.0530. The minimum Gasteiger partial charge on any atom is -0.482 e. The predicted octanol–water partition coefficient (Wildman–Crippen LogP) is 2.42. The molecule has 26 heavy (non-hydrogen) atoms. The maximum Gasteiger partial charge on any atom is 0.422 e. The van der Waals surface area contributed by atoms with Gasteiger partial charge >= 0.3 is 6.18 Å². The number of alkyl halides is 3. The fraction of sp³-hybridized carbons (Fsp3) is 0.667. The SMILES string of the molecule is CC1C2Cc3ncc(OCC(F)(F)F)cc3CN2C(=O)[C@]12CC[C@@H](N)C2. The van der Waals surface area contributed by atoms with Gasteiger partial charge in [0.25, 0.3) is 0 Å². The Morgan fingerprint density at radius 1 is 1.46 bits per heavy atom. The number of nitrogens with zero attached hydrogens (tertiary/aromatic N) is 2. The van der Waals surface area contributed by atoms with Crippen molar-refractivity contribution in [1.82, 2.24) is 9.88 Å². The first-order valence-electron chi connectivity index (χ1n) is 8.93. The average Bonchev–Trinajstić information content (AvgIpc) is 3.06. The van der Waals surface area contributed by atoms with Gasteiger partial charge in [-0.15, -0.1) is 0 Å². The number of amides is 1. The van der Waals surface area contributed by atoms with Gasteiger partial charge in [-0.3, -0.25) is 9.78 Å². The van der Waals surface area contributed by atoms with E-state index in [1.54, 1.807) is 6.07 Å². The second-order valence-corrected chi connectivity index (χ2v) is 7.83. The normalized spacial score (nSPS) is 33.5. The number of halogens is 3. The first-order chi connectivity index (χ1) is 12.2. The summed E-state index contributed by atoms with van der Waals surface area (Å²) in [6, 6.07) is 1.72. The van der Waals surface area contributed by atoms with Crippen LogP contribution in [0.1, 0.15) is 37.4 Å². The third-order valence-corrected chi connectivity index (χ3v) is 6.30. The zero-order valence-electron chi connectivity index (χ0n) is 14.6. The van der Waals surface area contributed by atoms with Gasteiger partial charge in [-0.05, 0) is 36.8 Å². The highest BCUT2D eigenvalue weighted by Gasteiger charge is 2.59. The number of nitrogens with two attached hydrogens (primary N) is 1. The predicted molar refractivity (Wildman–Crippen MR) is 87.3 cm³/mol. The molecule has 2 aliphatic heterocycles. The minimum absolute atomic E-state index is 0.0608. The second-order valence-electron chi connectivity index (χ2n) is 7.83. The molecule has 1 saturated carbocycles. The van der Waals surface area contributed by atoms with Gasteiger partial charge in [0.1, 0.15) is 5.75 Å². The molecule has 4 rings (SSSR count). The van der Waals surface area contributed by atoms with Crippen LogP contribution in [0.15, 0.2) is 12.3 Å². The third kappa shape index (κ3) is 2.74. The lowest BCUT2D eigenvalue weighted by atomic mass is 9.73. The van der Waals surface area contributed by atoms with Crippen LogP contribution in [0.4, 0.5) is 13.2 Å². The number of hydrogen-bond acceptors (Lipinski definition) is 4. The molecule has 0 radical (unpaired) electrons. The van der Waals surface area contributed by atoms with Crippen LogP contribution in [0.2, 0.25) is 0 Å².